The number of hydrogen-bond acceptors (Lipinski definition) is 4. The zero-order chi connectivity index (χ0) is 20.5. The highest BCUT2D eigenvalue weighted by Crippen LogP contribution is 2.36. The Balaban J connectivity index is 1.84. The molecule has 0 saturated carbocycles. The standard InChI is InChI=1S/C21H26N2O4S/c1-5-17(16-9-6-14(2)7-10-16)22-21(24)20-13-23(28(4,25)26)18-12-15(3)8-11-19(18)27-20/h6-12,17,20H,5,13H2,1-4H3,(H,22,24)/t17-,20-/m1/s1. The summed E-state index contributed by atoms with van der Waals surface area (Å²) in [6.07, 6.45) is 0.942. The molecule has 6 nitrogen and oxygen atoms in total. The second-order valence-corrected chi connectivity index (χ2v) is 9.16. The molecule has 7 heteroatoms. The van der Waals surface area contributed by atoms with E-state index in [0.717, 1.165) is 22.9 Å². The molecule has 0 fully saturated rings. The van der Waals surface area contributed by atoms with Gasteiger partial charge in [-0.3, -0.25) is 9.10 Å². The van der Waals surface area contributed by atoms with Gasteiger partial charge in [0.1, 0.15) is 5.75 Å². The topological polar surface area (TPSA) is 75.7 Å². The number of rotatable bonds is 5. The van der Waals surface area contributed by atoms with Gasteiger partial charge in [0.25, 0.3) is 5.91 Å². The van der Waals surface area contributed by atoms with E-state index >= 15 is 0 Å². The van der Waals surface area contributed by atoms with Gasteiger partial charge in [0.05, 0.1) is 24.5 Å². The van der Waals surface area contributed by atoms with Crippen LogP contribution >= 0.6 is 0 Å². The first-order chi connectivity index (χ1) is 13.2. The summed E-state index contributed by atoms with van der Waals surface area (Å²) in [7, 11) is -3.54. The van der Waals surface area contributed by atoms with E-state index in [2.05, 4.69) is 5.32 Å². The summed E-state index contributed by atoms with van der Waals surface area (Å²) in [5.41, 5.74) is 3.55. The van der Waals surface area contributed by atoms with E-state index in [1.54, 1.807) is 12.1 Å². The Morgan fingerprint density at radius 3 is 2.43 bits per heavy atom. The van der Waals surface area contributed by atoms with Crippen LogP contribution in [0.2, 0.25) is 0 Å². The van der Waals surface area contributed by atoms with Crippen molar-refractivity contribution in [2.24, 2.45) is 0 Å². The lowest BCUT2D eigenvalue weighted by molar-refractivity contribution is -0.128. The number of anilines is 1. The predicted octanol–water partition coefficient (Wildman–Crippen LogP) is 3.10. The van der Waals surface area contributed by atoms with Gasteiger partial charge in [-0.05, 0) is 43.5 Å². The fourth-order valence-electron chi connectivity index (χ4n) is 3.30. The molecule has 0 aliphatic carbocycles. The fraction of sp³-hybridized carbons (Fsp3) is 0.381. The van der Waals surface area contributed by atoms with Gasteiger partial charge in [0.15, 0.2) is 6.10 Å². The molecule has 0 unspecified atom stereocenters. The van der Waals surface area contributed by atoms with Crippen LogP contribution in [0.1, 0.15) is 36.1 Å². The van der Waals surface area contributed by atoms with Crippen LogP contribution in [0.25, 0.3) is 0 Å². The van der Waals surface area contributed by atoms with Crippen molar-refractivity contribution >= 4 is 21.6 Å². The highest BCUT2D eigenvalue weighted by atomic mass is 32.2. The fourth-order valence-corrected chi connectivity index (χ4v) is 4.20. The number of carbonyl (C=O) groups is 1. The number of nitrogens with zero attached hydrogens (tertiary/aromatic N) is 1. The van der Waals surface area contributed by atoms with Crippen molar-refractivity contribution in [3.8, 4) is 5.75 Å². The number of sulfonamides is 1. The Kier molecular flexibility index (Phi) is 5.65. The molecule has 2 aromatic rings. The Morgan fingerprint density at radius 2 is 1.82 bits per heavy atom. The molecule has 0 radical (unpaired) electrons. The monoisotopic (exact) mass is 402 g/mol. The van der Waals surface area contributed by atoms with Crippen LogP contribution in [0.4, 0.5) is 5.69 Å². The quantitative estimate of drug-likeness (QED) is 0.834. The SMILES string of the molecule is CC[C@@H](NC(=O)[C@H]1CN(S(C)(=O)=O)c2cc(C)ccc2O1)c1ccc(C)cc1. The number of aryl methyl sites for hydroxylation is 2. The van der Waals surface area contributed by atoms with Crippen LogP contribution in [0.5, 0.6) is 5.75 Å². The van der Waals surface area contributed by atoms with Crippen molar-refractivity contribution < 1.29 is 17.9 Å². The normalized spacial score (nSPS) is 17.4. The minimum atomic E-state index is -3.54. The van der Waals surface area contributed by atoms with Crippen LogP contribution in [-0.2, 0) is 14.8 Å². The summed E-state index contributed by atoms with van der Waals surface area (Å²) in [5, 5.41) is 3.00. The van der Waals surface area contributed by atoms with Crippen LogP contribution < -0.4 is 14.4 Å². The lowest BCUT2D eigenvalue weighted by atomic mass is 10.0. The Bertz CT molecular complexity index is 970. The third kappa shape index (κ3) is 4.30. The number of hydrogen-bond donors (Lipinski definition) is 1. The molecule has 1 amide bonds. The third-order valence-corrected chi connectivity index (χ3v) is 6.03. The molecule has 1 heterocycles. The van der Waals surface area contributed by atoms with Crippen molar-refractivity contribution in [3.63, 3.8) is 0 Å². The summed E-state index contributed by atoms with van der Waals surface area (Å²) in [6.45, 7) is 5.84. The highest BCUT2D eigenvalue weighted by molar-refractivity contribution is 7.92. The molecule has 28 heavy (non-hydrogen) atoms. The van der Waals surface area contributed by atoms with Crippen molar-refractivity contribution in [1.82, 2.24) is 5.32 Å². The van der Waals surface area contributed by atoms with Gasteiger partial charge in [-0.15, -0.1) is 0 Å². The molecule has 2 aromatic carbocycles. The zero-order valence-electron chi connectivity index (χ0n) is 16.6. The van der Waals surface area contributed by atoms with Crippen molar-refractivity contribution in [2.75, 3.05) is 17.1 Å². The number of nitrogens with one attached hydrogen (secondary N) is 1. The first-order valence-corrected chi connectivity index (χ1v) is 11.2. The molecule has 150 valence electrons. The van der Waals surface area contributed by atoms with Gasteiger partial charge >= 0.3 is 0 Å². The van der Waals surface area contributed by atoms with Crippen LogP contribution in [0, 0.1) is 13.8 Å². The molecule has 0 saturated heterocycles. The molecule has 0 bridgehead atoms. The van der Waals surface area contributed by atoms with Gasteiger partial charge in [-0.1, -0.05) is 42.8 Å². The van der Waals surface area contributed by atoms with Crippen LogP contribution in [-0.4, -0.2) is 33.2 Å². The van der Waals surface area contributed by atoms with E-state index in [0.29, 0.717) is 17.9 Å². The van der Waals surface area contributed by atoms with Crippen molar-refractivity contribution in [2.45, 2.75) is 39.3 Å². The maximum atomic E-state index is 12.9. The average Bonchev–Trinajstić information content (AvgIpc) is 2.65. The lowest BCUT2D eigenvalue weighted by Crippen LogP contribution is -2.51. The lowest BCUT2D eigenvalue weighted by Gasteiger charge is -2.34. The smallest absolute Gasteiger partial charge is 0.263 e. The third-order valence-electron chi connectivity index (χ3n) is 4.88. The maximum absolute atomic E-state index is 12.9. The van der Waals surface area contributed by atoms with E-state index in [4.69, 9.17) is 4.74 Å². The molecular weight excluding hydrogens is 376 g/mol. The van der Waals surface area contributed by atoms with Gasteiger partial charge < -0.3 is 10.1 Å². The number of fused-ring (bicyclic) bond motifs is 1. The second kappa shape index (κ2) is 7.83. The van der Waals surface area contributed by atoms with E-state index in [1.165, 1.54) is 4.31 Å². The summed E-state index contributed by atoms with van der Waals surface area (Å²) in [4.78, 5) is 12.9. The summed E-state index contributed by atoms with van der Waals surface area (Å²) < 4.78 is 31.7. The number of ether oxygens (including phenoxy) is 1. The second-order valence-electron chi connectivity index (χ2n) is 7.25. The Hall–Kier alpha value is -2.54. The van der Waals surface area contributed by atoms with Gasteiger partial charge in [-0.2, -0.15) is 0 Å². The minimum absolute atomic E-state index is 0.0501. The number of carbonyl (C=O) groups excluding carboxylic acids is 1. The summed E-state index contributed by atoms with van der Waals surface area (Å²) >= 11 is 0. The van der Waals surface area contributed by atoms with Gasteiger partial charge in [0, 0.05) is 0 Å². The van der Waals surface area contributed by atoms with Gasteiger partial charge in [-0.25, -0.2) is 8.42 Å². The Morgan fingerprint density at radius 1 is 1.18 bits per heavy atom. The van der Waals surface area contributed by atoms with Crippen LogP contribution in [0.15, 0.2) is 42.5 Å². The summed E-state index contributed by atoms with van der Waals surface area (Å²) in [6, 6.07) is 13.1. The molecular formula is C21H26N2O4S. The largest absolute Gasteiger partial charge is 0.476 e. The molecule has 0 aromatic heterocycles. The highest BCUT2D eigenvalue weighted by Gasteiger charge is 2.35. The molecule has 0 spiro atoms. The van der Waals surface area contributed by atoms with E-state index in [1.807, 2.05) is 51.1 Å². The zero-order valence-corrected chi connectivity index (χ0v) is 17.4. The number of benzene rings is 2. The number of amides is 1. The Labute approximate surface area is 166 Å². The molecule has 3 rings (SSSR count). The van der Waals surface area contributed by atoms with Gasteiger partial charge in [0.2, 0.25) is 10.0 Å². The average molecular weight is 403 g/mol. The molecule has 1 aliphatic heterocycles. The predicted molar refractivity (Wildman–Crippen MR) is 110 cm³/mol. The summed E-state index contributed by atoms with van der Waals surface area (Å²) in [5.74, 6) is 0.0677. The molecule has 2 atom stereocenters. The minimum Gasteiger partial charge on any atom is -0.476 e. The van der Waals surface area contributed by atoms with E-state index in [9.17, 15) is 13.2 Å². The van der Waals surface area contributed by atoms with E-state index < -0.39 is 16.1 Å². The van der Waals surface area contributed by atoms with Crippen molar-refractivity contribution in [3.05, 3.63) is 59.2 Å². The van der Waals surface area contributed by atoms with E-state index in [-0.39, 0.29) is 18.5 Å². The van der Waals surface area contributed by atoms with Crippen molar-refractivity contribution in [1.29, 1.82) is 0 Å². The molecule has 1 N–H and O–H groups in total. The first-order valence-electron chi connectivity index (χ1n) is 9.31. The van der Waals surface area contributed by atoms with Crippen LogP contribution in [0.3, 0.4) is 0 Å². The maximum Gasteiger partial charge on any atom is 0.263 e. The first kappa shape index (κ1) is 20.2. The molecule has 1 aliphatic rings.